The molecule has 5 aliphatic heterocycles. The standard InChI is InChI=1S/C50H62N10O7/c61-43(16-12-36-8-6-22-51-33-36)53-24-3-1-7-35-18-25-59(26-19-35)48(65)37-13-15-42(54-34-37)57-27-20-38(21-28-57)56-29-31-58(32-30-56)45(63)11-2-4-23-52-40-10-5-9-39-46(40)50(67)60(49(39)66)41-14-17-44(62)55-47(41)64/h5-6,8-10,12-13,15-16,22,33-35,38,41,52H,1-4,7,11,14,17-21,23-32H2,(H,53,61)(H,55,62,64)/b16-12+. The van der Waals surface area contributed by atoms with Crippen molar-refractivity contribution in [3.8, 4) is 0 Å². The minimum atomic E-state index is -1.02. The number of anilines is 2. The molecule has 5 aliphatic rings. The largest absolute Gasteiger partial charge is 0.384 e. The van der Waals surface area contributed by atoms with E-state index in [2.05, 4.69) is 30.7 Å². The molecular formula is C50H62N10O7. The Morgan fingerprint density at radius 2 is 1.55 bits per heavy atom. The smallest absolute Gasteiger partial charge is 0.264 e. The van der Waals surface area contributed by atoms with Crippen molar-refractivity contribution < 1.29 is 33.6 Å². The van der Waals surface area contributed by atoms with Gasteiger partial charge in [-0.1, -0.05) is 25.0 Å². The predicted molar refractivity (Wildman–Crippen MR) is 252 cm³/mol. The normalized spacial score (nSPS) is 19.8. The number of piperidine rings is 3. The Kier molecular flexibility index (Phi) is 15.7. The van der Waals surface area contributed by atoms with Gasteiger partial charge in [-0.05, 0) is 99.3 Å². The molecule has 4 fully saturated rings. The Hall–Kier alpha value is -6.49. The maximum Gasteiger partial charge on any atom is 0.264 e. The molecule has 0 bridgehead atoms. The van der Waals surface area contributed by atoms with Gasteiger partial charge in [-0.25, -0.2) is 4.98 Å². The van der Waals surface area contributed by atoms with Gasteiger partial charge in [0, 0.05) is 115 Å². The van der Waals surface area contributed by atoms with Crippen LogP contribution >= 0.6 is 0 Å². The summed E-state index contributed by atoms with van der Waals surface area (Å²) in [6.07, 6.45) is 17.5. The summed E-state index contributed by atoms with van der Waals surface area (Å²) >= 11 is 0. The highest BCUT2D eigenvalue weighted by molar-refractivity contribution is 6.25. The van der Waals surface area contributed by atoms with Crippen LogP contribution in [0.25, 0.3) is 6.08 Å². The Bertz CT molecular complexity index is 2300. The molecule has 0 aliphatic carbocycles. The van der Waals surface area contributed by atoms with E-state index >= 15 is 0 Å². The molecule has 17 nitrogen and oxygen atoms in total. The van der Waals surface area contributed by atoms with Crippen LogP contribution in [-0.4, -0.2) is 148 Å². The van der Waals surface area contributed by atoms with Gasteiger partial charge in [-0.15, -0.1) is 0 Å². The fourth-order valence-electron chi connectivity index (χ4n) is 10.0. The lowest BCUT2D eigenvalue weighted by Gasteiger charge is -2.43. The molecule has 1 aromatic carbocycles. The highest BCUT2D eigenvalue weighted by Gasteiger charge is 2.45. The first-order valence-electron chi connectivity index (χ1n) is 24.1. The number of carbonyl (C=O) groups is 7. The zero-order valence-electron chi connectivity index (χ0n) is 38.2. The first kappa shape index (κ1) is 47.0. The molecule has 2 aromatic heterocycles. The second kappa shape index (κ2) is 22.3. The van der Waals surface area contributed by atoms with E-state index in [1.807, 2.05) is 34.1 Å². The lowest BCUT2D eigenvalue weighted by molar-refractivity contribution is -0.136. The van der Waals surface area contributed by atoms with Crippen molar-refractivity contribution in [3.05, 3.63) is 89.4 Å². The van der Waals surface area contributed by atoms with Crippen LogP contribution in [0.3, 0.4) is 0 Å². The molecule has 7 amide bonds. The molecule has 0 saturated carbocycles. The van der Waals surface area contributed by atoms with Crippen molar-refractivity contribution in [2.75, 3.05) is 75.7 Å². The van der Waals surface area contributed by atoms with Crippen LogP contribution in [0.2, 0.25) is 0 Å². The predicted octanol–water partition coefficient (Wildman–Crippen LogP) is 4.13. The Balaban J connectivity index is 0.678. The molecule has 7 heterocycles. The van der Waals surface area contributed by atoms with Crippen molar-refractivity contribution in [1.82, 2.24) is 40.2 Å². The molecule has 354 valence electrons. The Labute approximate surface area is 391 Å². The van der Waals surface area contributed by atoms with Gasteiger partial charge in [0.25, 0.3) is 17.7 Å². The monoisotopic (exact) mass is 914 g/mol. The van der Waals surface area contributed by atoms with Gasteiger partial charge >= 0.3 is 0 Å². The van der Waals surface area contributed by atoms with Gasteiger partial charge in [-0.2, -0.15) is 0 Å². The lowest BCUT2D eigenvalue weighted by Crippen LogP contribution is -2.54. The van der Waals surface area contributed by atoms with Crippen molar-refractivity contribution in [1.29, 1.82) is 0 Å². The number of rotatable bonds is 17. The topological polar surface area (TPSA) is 198 Å². The fourth-order valence-corrected chi connectivity index (χ4v) is 10.0. The van der Waals surface area contributed by atoms with Crippen LogP contribution in [0, 0.1) is 5.92 Å². The molecule has 1 atom stereocenters. The van der Waals surface area contributed by atoms with Crippen LogP contribution in [-0.2, 0) is 19.2 Å². The summed E-state index contributed by atoms with van der Waals surface area (Å²) in [6, 6.07) is 12.1. The number of imide groups is 2. The molecule has 0 spiro atoms. The number of piperazine rings is 1. The third kappa shape index (κ3) is 11.7. The quantitative estimate of drug-likeness (QED) is 0.0997. The number of hydrogen-bond acceptors (Lipinski definition) is 12. The van der Waals surface area contributed by atoms with E-state index in [0.29, 0.717) is 68.7 Å². The fraction of sp³-hybridized carbons (Fsp3) is 0.500. The molecule has 3 N–H and O–H groups in total. The minimum Gasteiger partial charge on any atom is -0.384 e. The van der Waals surface area contributed by atoms with Crippen LogP contribution in [0.1, 0.15) is 114 Å². The molecule has 67 heavy (non-hydrogen) atoms. The number of unbranched alkanes of at least 4 members (excludes halogenated alkanes) is 2. The lowest BCUT2D eigenvalue weighted by atomic mass is 9.91. The molecule has 0 radical (unpaired) electrons. The first-order valence-corrected chi connectivity index (χ1v) is 24.1. The molecule has 17 heteroatoms. The number of hydrogen-bond donors (Lipinski definition) is 3. The van der Waals surface area contributed by atoms with E-state index in [1.165, 1.54) is 0 Å². The van der Waals surface area contributed by atoms with E-state index in [9.17, 15) is 33.6 Å². The van der Waals surface area contributed by atoms with Crippen LogP contribution in [0.4, 0.5) is 11.5 Å². The highest BCUT2D eigenvalue weighted by atomic mass is 16.2. The van der Waals surface area contributed by atoms with Crippen molar-refractivity contribution in [2.45, 2.75) is 89.1 Å². The number of likely N-dealkylation sites (tertiary alicyclic amines) is 1. The van der Waals surface area contributed by atoms with Gasteiger partial charge in [0.1, 0.15) is 11.9 Å². The number of nitrogens with zero attached hydrogens (tertiary/aromatic N) is 7. The summed E-state index contributed by atoms with van der Waals surface area (Å²) < 4.78 is 0. The third-order valence-corrected chi connectivity index (χ3v) is 13.9. The van der Waals surface area contributed by atoms with E-state index < -0.39 is 29.7 Å². The van der Waals surface area contributed by atoms with E-state index in [-0.39, 0.29) is 41.7 Å². The average molecular weight is 915 g/mol. The Morgan fingerprint density at radius 1 is 0.761 bits per heavy atom. The maximum atomic E-state index is 13.4. The van der Waals surface area contributed by atoms with E-state index in [0.717, 1.165) is 100 Å². The number of pyridine rings is 2. The molecule has 4 saturated heterocycles. The van der Waals surface area contributed by atoms with Gasteiger partial charge in [0.2, 0.25) is 23.6 Å². The second-order valence-corrected chi connectivity index (χ2v) is 18.2. The summed E-state index contributed by atoms with van der Waals surface area (Å²) in [7, 11) is 0. The summed E-state index contributed by atoms with van der Waals surface area (Å²) in [6.45, 7) is 7.53. The minimum absolute atomic E-state index is 0.0416. The zero-order valence-corrected chi connectivity index (χ0v) is 38.2. The number of fused-ring (bicyclic) bond motifs is 1. The first-order chi connectivity index (χ1) is 32.6. The molecule has 8 rings (SSSR count). The SMILES string of the molecule is O=C(/C=C/c1cccnc1)NCCCCC1CCN(C(=O)c2ccc(N3CCC(N4CCN(C(=O)CCCCNc5cccc6c5C(=O)N(C5CCC(=O)NC5=O)C6=O)CC4)CC3)nc2)CC1. The van der Waals surface area contributed by atoms with Gasteiger partial charge in [0.15, 0.2) is 0 Å². The van der Waals surface area contributed by atoms with Gasteiger partial charge in [0.05, 0.1) is 16.7 Å². The number of aromatic nitrogens is 2. The molecule has 1 unspecified atom stereocenters. The van der Waals surface area contributed by atoms with E-state index in [1.54, 1.807) is 48.9 Å². The number of nitrogens with one attached hydrogen (secondary N) is 3. The maximum absolute atomic E-state index is 13.4. The summed E-state index contributed by atoms with van der Waals surface area (Å²) in [5.74, 6) is -0.567. The Morgan fingerprint density at radius 3 is 2.28 bits per heavy atom. The number of benzene rings is 1. The van der Waals surface area contributed by atoms with Crippen molar-refractivity contribution in [2.24, 2.45) is 5.92 Å². The second-order valence-electron chi connectivity index (χ2n) is 18.2. The van der Waals surface area contributed by atoms with Gasteiger partial charge < -0.3 is 25.3 Å². The number of carbonyl (C=O) groups excluding carboxylic acids is 7. The van der Waals surface area contributed by atoms with Crippen LogP contribution < -0.4 is 20.9 Å². The van der Waals surface area contributed by atoms with E-state index in [4.69, 9.17) is 4.98 Å². The summed E-state index contributed by atoms with van der Waals surface area (Å²) in [4.78, 5) is 108. The average Bonchev–Trinajstić information content (AvgIpc) is 3.62. The van der Waals surface area contributed by atoms with Crippen molar-refractivity contribution >= 4 is 58.9 Å². The van der Waals surface area contributed by atoms with Crippen molar-refractivity contribution in [3.63, 3.8) is 0 Å². The number of amides is 7. The summed E-state index contributed by atoms with van der Waals surface area (Å²) in [5, 5.41) is 8.44. The van der Waals surface area contributed by atoms with Gasteiger partial charge in [-0.3, -0.25) is 53.7 Å². The molecule has 3 aromatic rings. The highest BCUT2D eigenvalue weighted by Crippen LogP contribution is 2.33. The van der Waals surface area contributed by atoms with Crippen LogP contribution in [0.5, 0.6) is 0 Å². The van der Waals surface area contributed by atoms with Crippen LogP contribution in [0.15, 0.2) is 67.1 Å². The third-order valence-electron chi connectivity index (χ3n) is 13.9. The zero-order chi connectivity index (χ0) is 46.7. The summed E-state index contributed by atoms with van der Waals surface area (Å²) in [5.41, 5.74) is 2.50. The molecular weight excluding hydrogens is 853 g/mol.